The Morgan fingerprint density at radius 2 is 2.05 bits per heavy atom. The normalized spacial score (nSPS) is 12.2. The molecule has 6 nitrogen and oxygen atoms in total. The zero-order valence-corrected chi connectivity index (χ0v) is 11.9. The second kappa shape index (κ2) is 4.72. The first-order chi connectivity index (χ1) is 9.87. The van der Waals surface area contributed by atoms with Gasteiger partial charge in [-0.15, -0.1) is 0 Å². The first-order valence-electron chi connectivity index (χ1n) is 5.73. The molecule has 10 heteroatoms. The van der Waals surface area contributed by atoms with Gasteiger partial charge in [0.05, 0.1) is 5.69 Å². The number of hydrogen-bond donors (Lipinski definition) is 1. The van der Waals surface area contributed by atoms with E-state index in [9.17, 15) is 13.2 Å². The minimum Gasteiger partial charge on any atom is -0.382 e. The van der Waals surface area contributed by atoms with Crippen LogP contribution in [0.25, 0.3) is 16.8 Å². The number of anilines is 1. The van der Waals surface area contributed by atoms with Gasteiger partial charge in [0.2, 0.25) is 0 Å². The molecule has 0 atom stereocenters. The van der Waals surface area contributed by atoms with E-state index in [0.717, 1.165) is 4.68 Å². The van der Waals surface area contributed by atoms with Gasteiger partial charge >= 0.3 is 6.18 Å². The van der Waals surface area contributed by atoms with Crippen LogP contribution in [-0.2, 0) is 6.54 Å². The first-order valence-corrected chi connectivity index (χ1v) is 6.53. The highest BCUT2D eigenvalue weighted by atomic mass is 79.9. The Morgan fingerprint density at radius 3 is 2.76 bits per heavy atom. The Morgan fingerprint density at radius 1 is 1.29 bits per heavy atom. The largest absolute Gasteiger partial charge is 0.408 e. The summed E-state index contributed by atoms with van der Waals surface area (Å²) in [7, 11) is 0. The smallest absolute Gasteiger partial charge is 0.382 e. The summed E-state index contributed by atoms with van der Waals surface area (Å²) >= 11 is 3.29. The van der Waals surface area contributed by atoms with Gasteiger partial charge in [0.15, 0.2) is 5.82 Å². The lowest BCUT2D eigenvalue weighted by Gasteiger charge is -2.10. The molecule has 0 amide bonds. The zero-order chi connectivity index (χ0) is 15.2. The van der Waals surface area contributed by atoms with Gasteiger partial charge in [0, 0.05) is 11.8 Å². The van der Waals surface area contributed by atoms with Gasteiger partial charge in [-0.25, -0.2) is 9.50 Å². The highest BCUT2D eigenvalue weighted by Crippen LogP contribution is 2.33. The lowest BCUT2D eigenvalue weighted by atomic mass is 10.2. The number of aromatic nitrogens is 5. The summed E-state index contributed by atoms with van der Waals surface area (Å²) in [5, 5.41) is 7.72. The maximum atomic E-state index is 12.6. The molecule has 0 aliphatic carbocycles. The third-order valence-electron chi connectivity index (χ3n) is 2.86. The van der Waals surface area contributed by atoms with Crippen molar-refractivity contribution in [3.05, 3.63) is 29.3 Å². The van der Waals surface area contributed by atoms with E-state index in [4.69, 9.17) is 5.73 Å². The molecule has 110 valence electrons. The van der Waals surface area contributed by atoms with Crippen molar-refractivity contribution in [2.45, 2.75) is 12.7 Å². The number of nitrogens with two attached hydrogens (primary N) is 1. The van der Waals surface area contributed by atoms with Crippen LogP contribution in [0.15, 0.2) is 29.3 Å². The molecule has 3 rings (SSSR count). The van der Waals surface area contributed by atoms with Crippen LogP contribution in [0.4, 0.5) is 19.0 Å². The fourth-order valence-corrected chi connectivity index (χ4v) is 2.58. The predicted molar refractivity (Wildman–Crippen MR) is 72.4 cm³/mol. The van der Waals surface area contributed by atoms with Crippen molar-refractivity contribution in [2.24, 2.45) is 0 Å². The Balaban J connectivity index is 2.21. The van der Waals surface area contributed by atoms with Gasteiger partial charge in [-0.05, 0) is 28.1 Å². The summed E-state index contributed by atoms with van der Waals surface area (Å²) in [6.07, 6.45) is -1.79. The van der Waals surface area contributed by atoms with Gasteiger partial charge in [-0.2, -0.15) is 23.4 Å². The van der Waals surface area contributed by atoms with Crippen LogP contribution in [0.3, 0.4) is 0 Å². The maximum Gasteiger partial charge on any atom is 0.408 e. The molecular formula is C11H8BrF3N6. The number of alkyl halides is 3. The number of fused-ring (bicyclic) bond motifs is 1. The number of halogens is 4. The van der Waals surface area contributed by atoms with Gasteiger partial charge in [0.1, 0.15) is 23.0 Å². The lowest BCUT2D eigenvalue weighted by molar-refractivity contribution is -0.142. The van der Waals surface area contributed by atoms with Crippen LogP contribution < -0.4 is 5.73 Å². The fraction of sp³-hybridized carbons (Fsp3) is 0.182. The number of nitrogens with zero attached hydrogens (tertiary/aromatic N) is 5. The Hall–Kier alpha value is -2.10. The summed E-state index contributed by atoms with van der Waals surface area (Å²) in [6, 6.07) is 3.12. The molecule has 0 saturated heterocycles. The summed E-state index contributed by atoms with van der Waals surface area (Å²) in [4.78, 5) is 3.87. The predicted octanol–water partition coefficient (Wildman–Crippen LogP) is 2.50. The monoisotopic (exact) mass is 360 g/mol. The molecule has 0 aliphatic heterocycles. The zero-order valence-electron chi connectivity index (χ0n) is 10.3. The molecule has 0 aromatic carbocycles. The van der Waals surface area contributed by atoms with Gasteiger partial charge in [0.25, 0.3) is 0 Å². The van der Waals surface area contributed by atoms with E-state index in [0.29, 0.717) is 15.7 Å². The van der Waals surface area contributed by atoms with E-state index in [1.165, 1.54) is 23.1 Å². The lowest BCUT2D eigenvalue weighted by Crippen LogP contribution is -2.19. The quantitative estimate of drug-likeness (QED) is 0.761. The van der Waals surface area contributed by atoms with Gasteiger partial charge < -0.3 is 5.73 Å². The molecular weight excluding hydrogens is 353 g/mol. The third kappa shape index (κ3) is 2.46. The molecule has 0 unspecified atom stereocenters. The van der Waals surface area contributed by atoms with Crippen LogP contribution in [0.1, 0.15) is 0 Å². The fourth-order valence-electron chi connectivity index (χ4n) is 2.08. The average Bonchev–Trinajstić information content (AvgIpc) is 2.93. The van der Waals surface area contributed by atoms with E-state index in [2.05, 4.69) is 31.1 Å². The molecule has 21 heavy (non-hydrogen) atoms. The van der Waals surface area contributed by atoms with Crippen LogP contribution in [-0.4, -0.2) is 30.6 Å². The number of rotatable bonds is 2. The number of nitrogen functional groups attached to an aromatic ring is 1. The van der Waals surface area contributed by atoms with Crippen molar-refractivity contribution in [3.63, 3.8) is 0 Å². The molecule has 0 bridgehead atoms. The minimum absolute atomic E-state index is 0.172. The molecule has 3 aromatic rings. The van der Waals surface area contributed by atoms with Crippen LogP contribution in [0, 0.1) is 0 Å². The summed E-state index contributed by atoms with van der Waals surface area (Å²) in [5.74, 6) is 0.172. The van der Waals surface area contributed by atoms with Gasteiger partial charge in [-0.3, -0.25) is 4.68 Å². The third-order valence-corrected chi connectivity index (χ3v) is 3.43. The van der Waals surface area contributed by atoms with Crippen molar-refractivity contribution in [1.29, 1.82) is 0 Å². The maximum absolute atomic E-state index is 12.6. The summed E-state index contributed by atoms with van der Waals surface area (Å²) in [6.45, 7) is -1.18. The van der Waals surface area contributed by atoms with Crippen molar-refractivity contribution in [1.82, 2.24) is 24.4 Å². The van der Waals surface area contributed by atoms with Crippen LogP contribution >= 0.6 is 15.9 Å². The number of hydrogen-bond acceptors (Lipinski definition) is 4. The molecule has 0 saturated carbocycles. The second-order valence-electron chi connectivity index (χ2n) is 4.28. The average molecular weight is 361 g/mol. The van der Waals surface area contributed by atoms with E-state index in [1.54, 1.807) is 6.07 Å². The summed E-state index contributed by atoms with van der Waals surface area (Å²) < 4.78 is 40.7. The molecule has 0 aliphatic rings. The molecule has 0 radical (unpaired) electrons. The molecule has 3 aromatic heterocycles. The summed E-state index contributed by atoms with van der Waals surface area (Å²) in [5.41, 5.74) is 7.00. The molecule has 0 spiro atoms. The second-order valence-corrected chi connectivity index (χ2v) is 5.09. The van der Waals surface area contributed by atoms with E-state index < -0.39 is 12.7 Å². The molecule has 2 N–H and O–H groups in total. The van der Waals surface area contributed by atoms with E-state index in [-0.39, 0.29) is 11.5 Å². The van der Waals surface area contributed by atoms with E-state index in [1.807, 2.05) is 0 Å². The van der Waals surface area contributed by atoms with Crippen molar-refractivity contribution >= 4 is 27.3 Å². The van der Waals surface area contributed by atoms with E-state index >= 15 is 0 Å². The Bertz CT molecular complexity index is 806. The van der Waals surface area contributed by atoms with Crippen LogP contribution in [0.2, 0.25) is 0 Å². The highest BCUT2D eigenvalue weighted by molar-refractivity contribution is 9.10. The topological polar surface area (TPSA) is 74.0 Å². The molecule has 0 fully saturated rings. The molecule has 3 heterocycles. The van der Waals surface area contributed by atoms with Crippen LogP contribution in [0.5, 0.6) is 0 Å². The van der Waals surface area contributed by atoms with Gasteiger partial charge in [-0.1, -0.05) is 0 Å². The Kier molecular flexibility index (Phi) is 3.12. The highest BCUT2D eigenvalue weighted by Gasteiger charge is 2.30. The van der Waals surface area contributed by atoms with Crippen molar-refractivity contribution < 1.29 is 13.2 Å². The minimum atomic E-state index is -4.37. The van der Waals surface area contributed by atoms with Crippen molar-refractivity contribution in [3.8, 4) is 11.3 Å². The van der Waals surface area contributed by atoms with Crippen molar-refractivity contribution in [2.75, 3.05) is 5.73 Å². The first kappa shape index (κ1) is 13.9. The Labute approximate surface area is 124 Å². The standard InChI is InChI=1S/C11H8BrF3N6/c12-8-3-6(9-10(16)17-5-19-21(8)9)7-1-2-18-20(7)4-11(13,14)15/h1-3,5H,4H2,(H2,16,17,19). The SMILES string of the molecule is Nc1ncnn2c(Br)cc(-c3ccnn3CC(F)(F)F)c12.